The van der Waals surface area contributed by atoms with Crippen molar-refractivity contribution in [3.05, 3.63) is 12.4 Å². The average molecular weight is 287 g/mol. The summed E-state index contributed by atoms with van der Waals surface area (Å²) in [5, 5.41) is 7.05. The second-order valence-electron chi connectivity index (χ2n) is 4.56. The van der Waals surface area contributed by atoms with Crippen LogP contribution in [0.3, 0.4) is 0 Å². The fourth-order valence-corrected chi connectivity index (χ4v) is 1.81. The summed E-state index contributed by atoms with van der Waals surface area (Å²) in [6.07, 6.45) is 3.52. The van der Waals surface area contributed by atoms with E-state index >= 15 is 0 Å². The molecular formula is C13H23ClN4O. The van der Waals surface area contributed by atoms with Crippen molar-refractivity contribution in [1.82, 2.24) is 14.7 Å². The molecule has 0 radical (unpaired) electrons. The Morgan fingerprint density at radius 3 is 2.79 bits per heavy atom. The lowest BCUT2D eigenvalue weighted by atomic mass is 10.2. The highest BCUT2D eigenvalue weighted by molar-refractivity contribution is 6.19. The molecule has 0 saturated heterocycles. The van der Waals surface area contributed by atoms with E-state index in [1.165, 1.54) is 0 Å². The molecule has 1 N–H and O–H groups in total. The molecule has 1 aromatic rings. The first-order chi connectivity index (χ1) is 9.10. The minimum atomic E-state index is -0.194. The van der Waals surface area contributed by atoms with Crippen LogP contribution in [-0.2, 0) is 11.3 Å². The van der Waals surface area contributed by atoms with Crippen molar-refractivity contribution < 1.29 is 4.79 Å². The van der Waals surface area contributed by atoms with Crippen LogP contribution in [0, 0.1) is 5.92 Å². The Labute approximate surface area is 119 Å². The number of anilines is 1. The van der Waals surface area contributed by atoms with Gasteiger partial charge < -0.3 is 10.2 Å². The highest BCUT2D eigenvalue weighted by atomic mass is 35.5. The van der Waals surface area contributed by atoms with Crippen LogP contribution >= 0.6 is 11.6 Å². The minimum absolute atomic E-state index is 0.0710. The number of likely N-dealkylation sites (N-methyl/N-ethyl adjacent to an activating group) is 1. The highest BCUT2D eigenvalue weighted by Crippen LogP contribution is 2.08. The molecule has 0 fully saturated rings. The number of alkyl halides is 1. The lowest BCUT2D eigenvalue weighted by molar-refractivity contribution is -0.118. The van der Waals surface area contributed by atoms with E-state index in [9.17, 15) is 4.79 Å². The largest absolute Gasteiger partial charge is 0.323 e. The van der Waals surface area contributed by atoms with E-state index < -0.39 is 0 Å². The van der Waals surface area contributed by atoms with Gasteiger partial charge in [0.25, 0.3) is 0 Å². The third kappa shape index (κ3) is 5.20. The van der Waals surface area contributed by atoms with E-state index in [0.29, 0.717) is 5.88 Å². The van der Waals surface area contributed by atoms with Gasteiger partial charge in [0, 0.05) is 24.5 Å². The number of aromatic nitrogens is 2. The summed E-state index contributed by atoms with van der Waals surface area (Å²) in [6.45, 7) is 9.94. The zero-order chi connectivity index (χ0) is 14.3. The van der Waals surface area contributed by atoms with Gasteiger partial charge in [-0.15, -0.1) is 11.6 Å². The number of nitrogens with one attached hydrogen (secondary N) is 1. The average Bonchev–Trinajstić information content (AvgIpc) is 2.86. The topological polar surface area (TPSA) is 50.2 Å². The van der Waals surface area contributed by atoms with E-state index in [0.717, 1.165) is 31.9 Å². The van der Waals surface area contributed by atoms with Crippen molar-refractivity contribution in [3.8, 4) is 0 Å². The fourth-order valence-electron chi connectivity index (χ4n) is 1.67. The molecule has 1 atom stereocenters. The first kappa shape index (κ1) is 16.0. The van der Waals surface area contributed by atoms with Gasteiger partial charge in [-0.25, -0.2) is 0 Å². The summed E-state index contributed by atoms with van der Waals surface area (Å²) in [5.41, 5.74) is 0.724. The Balaban J connectivity index is 2.46. The third-order valence-corrected chi connectivity index (χ3v) is 3.58. The molecule has 5 nitrogen and oxygen atoms in total. The van der Waals surface area contributed by atoms with E-state index in [1.807, 2.05) is 10.9 Å². The fraction of sp³-hybridized carbons (Fsp3) is 0.692. The molecule has 1 rings (SSSR count). The van der Waals surface area contributed by atoms with Gasteiger partial charge in [-0.2, -0.15) is 5.10 Å². The monoisotopic (exact) mass is 286 g/mol. The van der Waals surface area contributed by atoms with E-state index in [1.54, 1.807) is 13.1 Å². The number of rotatable bonds is 8. The number of carbonyl (C=O) groups is 1. The molecule has 0 aliphatic carbocycles. The number of hydrogen-bond acceptors (Lipinski definition) is 3. The molecule has 1 aromatic heterocycles. The van der Waals surface area contributed by atoms with Gasteiger partial charge in [0.2, 0.25) is 5.91 Å². The zero-order valence-corrected chi connectivity index (χ0v) is 12.7. The van der Waals surface area contributed by atoms with E-state index in [2.05, 4.69) is 29.2 Å². The van der Waals surface area contributed by atoms with Crippen molar-refractivity contribution in [3.63, 3.8) is 0 Å². The van der Waals surface area contributed by atoms with Crippen molar-refractivity contribution in [1.29, 1.82) is 0 Å². The first-order valence-corrected chi connectivity index (χ1v) is 7.25. The molecule has 0 saturated carbocycles. The van der Waals surface area contributed by atoms with Crippen molar-refractivity contribution >= 4 is 23.2 Å². The Hall–Kier alpha value is -1.07. The predicted octanol–water partition coefficient (Wildman–Crippen LogP) is 2.04. The summed E-state index contributed by atoms with van der Waals surface area (Å²) in [5.74, 6) is 0.0565. The van der Waals surface area contributed by atoms with Crippen molar-refractivity contribution in [2.24, 2.45) is 5.92 Å². The molecule has 0 bridgehead atoms. The summed E-state index contributed by atoms with van der Waals surface area (Å²) < 4.78 is 1.85. The molecule has 0 aliphatic rings. The summed E-state index contributed by atoms with van der Waals surface area (Å²) in [4.78, 5) is 14.0. The third-order valence-electron chi connectivity index (χ3n) is 3.12. The first-order valence-electron chi connectivity index (χ1n) is 6.72. The van der Waals surface area contributed by atoms with Gasteiger partial charge in [-0.05, 0) is 13.1 Å². The Morgan fingerprint density at radius 1 is 1.53 bits per heavy atom. The Bertz CT molecular complexity index is 390. The summed E-state index contributed by atoms with van der Waals surface area (Å²) in [7, 11) is 0. The van der Waals surface area contributed by atoms with Gasteiger partial charge in [0.15, 0.2) is 0 Å². The normalized spacial score (nSPS) is 12.7. The standard InChI is InChI=1S/C13H23ClN4O/c1-4-17(5-2)6-7-18-10-12(9-15-18)16-13(19)11(3)8-14/h9-11H,4-8H2,1-3H3,(H,16,19). The van der Waals surface area contributed by atoms with Gasteiger partial charge in [0.05, 0.1) is 18.4 Å². The molecule has 6 heteroatoms. The summed E-state index contributed by atoms with van der Waals surface area (Å²) in [6, 6.07) is 0. The maximum Gasteiger partial charge on any atom is 0.228 e. The van der Waals surface area contributed by atoms with Gasteiger partial charge in [-0.3, -0.25) is 9.48 Å². The molecular weight excluding hydrogens is 264 g/mol. The maximum atomic E-state index is 11.7. The Morgan fingerprint density at radius 2 is 2.21 bits per heavy atom. The van der Waals surface area contributed by atoms with E-state index in [4.69, 9.17) is 11.6 Å². The number of carbonyl (C=O) groups excluding carboxylic acids is 1. The molecule has 1 heterocycles. The van der Waals surface area contributed by atoms with Crippen molar-refractivity contribution in [2.45, 2.75) is 27.3 Å². The van der Waals surface area contributed by atoms with Gasteiger partial charge >= 0.3 is 0 Å². The SMILES string of the molecule is CCN(CC)CCn1cc(NC(=O)C(C)CCl)cn1. The quantitative estimate of drug-likeness (QED) is 0.744. The molecule has 1 amide bonds. The second kappa shape index (κ2) is 8.17. The van der Waals surface area contributed by atoms with Crippen LogP contribution in [0.15, 0.2) is 12.4 Å². The number of nitrogens with zero attached hydrogens (tertiary/aromatic N) is 3. The molecule has 108 valence electrons. The van der Waals surface area contributed by atoms with Crippen LogP contribution in [0.25, 0.3) is 0 Å². The van der Waals surface area contributed by atoms with Crippen LogP contribution in [0.1, 0.15) is 20.8 Å². The zero-order valence-electron chi connectivity index (χ0n) is 11.9. The molecule has 19 heavy (non-hydrogen) atoms. The highest BCUT2D eigenvalue weighted by Gasteiger charge is 2.12. The maximum absolute atomic E-state index is 11.7. The Kier molecular flexibility index (Phi) is 6.87. The second-order valence-corrected chi connectivity index (χ2v) is 4.87. The number of amides is 1. The molecule has 0 spiro atoms. The number of halogens is 1. The molecule has 0 aliphatic heterocycles. The predicted molar refractivity (Wildman–Crippen MR) is 78.5 cm³/mol. The summed E-state index contributed by atoms with van der Waals surface area (Å²) >= 11 is 5.65. The minimum Gasteiger partial charge on any atom is -0.323 e. The lowest BCUT2D eigenvalue weighted by Gasteiger charge is -2.17. The van der Waals surface area contributed by atoms with Crippen LogP contribution in [-0.4, -0.2) is 46.1 Å². The van der Waals surface area contributed by atoms with Crippen LogP contribution in [0.2, 0.25) is 0 Å². The lowest BCUT2D eigenvalue weighted by Crippen LogP contribution is -2.27. The van der Waals surface area contributed by atoms with Gasteiger partial charge in [0.1, 0.15) is 0 Å². The van der Waals surface area contributed by atoms with Crippen LogP contribution < -0.4 is 5.32 Å². The van der Waals surface area contributed by atoms with Crippen LogP contribution in [0.4, 0.5) is 5.69 Å². The van der Waals surface area contributed by atoms with Crippen LogP contribution in [0.5, 0.6) is 0 Å². The van der Waals surface area contributed by atoms with Crippen molar-refractivity contribution in [2.75, 3.05) is 30.8 Å². The van der Waals surface area contributed by atoms with E-state index in [-0.39, 0.29) is 11.8 Å². The van der Waals surface area contributed by atoms with Gasteiger partial charge in [-0.1, -0.05) is 20.8 Å². The smallest absolute Gasteiger partial charge is 0.228 e. The molecule has 1 unspecified atom stereocenters. The number of hydrogen-bond donors (Lipinski definition) is 1. The molecule has 0 aromatic carbocycles.